The Bertz CT molecular complexity index is 368. The average molecular weight is 305 g/mol. The molecule has 1 aromatic rings. The van der Waals surface area contributed by atoms with Crippen LogP contribution < -0.4 is 0 Å². The van der Waals surface area contributed by atoms with Crippen molar-refractivity contribution in [3.05, 3.63) is 34.9 Å². The SMILES string of the molecule is CC(C)N(CCBr)C(=O)c1cccc(Cl)c1. The van der Waals surface area contributed by atoms with Crippen molar-refractivity contribution < 1.29 is 4.79 Å². The summed E-state index contributed by atoms with van der Waals surface area (Å²) in [5, 5.41) is 1.37. The van der Waals surface area contributed by atoms with Crippen LogP contribution in [0.15, 0.2) is 24.3 Å². The van der Waals surface area contributed by atoms with E-state index in [-0.39, 0.29) is 11.9 Å². The van der Waals surface area contributed by atoms with Gasteiger partial charge in [-0.25, -0.2) is 0 Å². The zero-order chi connectivity index (χ0) is 12.1. The topological polar surface area (TPSA) is 20.3 Å². The summed E-state index contributed by atoms with van der Waals surface area (Å²) < 4.78 is 0. The van der Waals surface area contributed by atoms with Gasteiger partial charge >= 0.3 is 0 Å². The third-order valence-corrected chi connectivity index (χ3v) is 2.87. The van der Waals surface area contributed by atoms with Crippen molar-refractivity contribution in [1.82, 2.24) is 4.90 Å². The normalized spacial score (nSPS) is 10.6. The number of halogens is 2. The molecule has 16 heavy (non-hydrogen) atoms. The fourth-order valence-electron chi connectivity index (χ4n) is 1.47. The first kappa shape index (κ1) is 13.5. The minimum absolute atomic E-state index is 0.0250. The van der Waals surface area contributed by atoms with Crippen molar-refractivity contribution in [3.63, 3.8) is 0 Å². The first-order chi connectivity index (χ1) is 7.56. The van der Waals surface area contributed by atoms with Gasteiger partial charge in [-0.2, -0.15) is 0 Å². The number of nitrogens with zero attached hydrogens (tertiary/aromatic N) is 1. The van der Waals surface area contributed by atoms with E-state index >= 15 is 0 Å². The molecule has 88 valence electrons. The molecule has 2 nitrogen and oxygen atoms in total. The van der Waals surface area contributed by atoms with Crippen LogP contribution in [0, 0.1) is 0 Å². The molecule has 0 atom stereocenters. The maximum absolute atomic E-state index is 12.2. The quantitative estimate of drug-likeness (QED) is 0.779. The van der Waals surface area contributed by atoms with Gasteiger partial charge in [-0.05, 0) is 32.0 Å². The maximum Gasteiger partial charge on any atom is 0.254 e. The van der Waals surface area contributed by atoms with Crippen molar-refractivity contribution in [2.24, 2.45) is 0 Å². The highest BCUT2D eigenvalue weighted by Gasteiger charge is 2.17. The Labute approximate surface area is 110 Å². The van der Waals surface area contributed by atoms with Crippen LogP contribution in [0.1, 0.15) is 24.2 Å². The molecule has 0 heterocycles. The minimum Gasteiger partial charge on any atom is -0.335 e. The molecule has 1 aromatic carbocycles. The van der Waals surface area contributed by atoms with Gasteiger partial charge in [0.05, 0.1) is 0 Å². The molecule has 0 radical (unpaired) electrons. The molecular formula is C12H15BrClNO. The monoisotopic (exact) mass is 303 g/mol. The number of hydrogen-bond acceptors (Lipinski definition) is 1. The van der Waals surface area contributed by atoms with E-state index in [1.165, 1.54) is 0 Å². The number of carbonyl (C=O) groups excluding carboxylic acids is 1. The molecule has 1 rings (SSSR count). The van der Waals surface area contributed by atoms with E-state index in [2.05, 4.69) is 15.9 Å². The Morgan fingerprint density at radius 1 is 1.50 bits per heavy atom. The molecule has 0 aliphatic rings. The molecule has 1 amide bonds. The molecular weight excluding hydrogens is 289 g/mol. The van der Waals surface area contributed by atoms with Gasteiger partial charge in [-0.1, -0.05) is 33.6 Å². The van der Waals surface area contributed by atoms with Crippen LogP contribution in [0.4, 0.5) is 0 Å². The molecule has 0 saturated carbocycles. The lowest BCUT2D eigenvalue weighted by Crippen LogP contribution is -2.38. The van der Waals surface area contributed by atoms with Crippen LogP contribution in [0.5, 0.6) is 0 Å². The lowest BCUT2D eigenvalue weighted by Gasteiger charge is -2.26. The lowest BCUT2D eigenvalue weighted by molar-refractivity contribution is 0.0719. The van der Waals surface area contributed by atoms with Gasteiger partial charge in [-0.3, -0.25) is 4.79 Å². The zero-order valence-corrected chi connectivity index (χ0v) is 11.8. The summed E-state index contributed by atoms with van der Waals surface area (Å²) in [6, 6.07) is 7.24. The number of carbonyl (C=O) groups is 1. The highest BCUT2D eigenvalue weighted by molar-refractivity contribution is 9.09. The Morgan fingerprint density at radius 2 is 2.19 bits per heavy atom. The maximum atomic E-state index is 12.2. The van der Waals surface area contributed by atoms with Crippen molar-refractivity contribution in [3.8, 4) is 0 Å². The summed E-state index contributed by atoms with van der Waals surface area (Å²) >= 11 is 9.22. The van der Waals surface area contributed by atoms with E-state index in [0.29, 0.717) is 17.1 Å². The predicted octanol–water partition coefficient (Wildman–Crippen LogP) is 3.59. The summed E-state index contributed by atoms with van der Waals surface area (Å²) in [5.74, 6) is 0.0250. The second kappa shape index (κ2) is 6.26. The standard InChI is InChI=1S/C12H15BrClNO/c1-9(2)15(7-6-13)12(16)10-4-3-5-11(14)8-10/h3-5,8-9H,6-7H2,1-2H3. The second-order valence-electron chi connectivity index (χ2n) is 3.79. The molecule has 0 unspecified atom stereocenters. The summed E-state index contributed by atoms with van der Waals surface area (Å²) in [4.78, 5) is 14.0. The molecule has 0 saturated heterocycles. The first-order valence-corrected chi connectivity index (χ1v) is 6.68. The molecule has 0 aliphatic heterocycles. The largest absolute Gasteiger partial charge is 0.335 e. The van der Waals surface area contributed by atoms with E-state index in [4.69, 9.17) is 11.6 Å². The lowest BCUT2D eigenvalue weighted by atomic mass is 10.2. The Balaban J connectivity index is 2.90. The van der Waals surface area contributed by atoms with E-state index < -0.39 is 0 Å². The van der Waals surface area contributed by atoms with E-state index in [1.807, 2.05) is 18.7 Å². The first-order valence-electron chi connectivity index (χ1n) is 5.18. The van der Waals surface area contributed by atoms with Gasteiger partial charge in [0, 0.05) is 28.5 Å². The van der Waals surface area contributed by atoms with Crippen LogP contribution in [0.25, 0.3) is 0 Å². The molecule has 0 aliphatic carbocycles. The third-order valence-electron chi connectivity index (χ3n) is 2.28. The van der Waals surface area contributed by atoms with Crippen LogP contribution in [-0.4, -0.2) is 28.7 Å². The van der Waals surface area contributed by atoms with Crippen LogP contribution >= 0.6 is 27.5 Å². The number of benzene rings is 1. The average Bonchev–Trinajstić information content (AvgIpc) is 2.24. The van der Waals surface area contributed by atoms with Crippen molar-refractivity contribution >= 4 is 33.4 Å². The highest BCUT2D eigenvalue weighted by Crippen LogP contribution is 2.14. The molecule has 0 bridgehead atoms. The number of rotatable bonds is 4. The summed E-state index contributed by atoms with van der Waals surface area (Å²) in [6.45, 7) is 4.71. The van der Waals surface area contributed by atoms with Crippen LogP contribution in [-0.2, 0) is 0 Å². The number of hydrogen-bond donors (Lipinski definition) is 0. The van der Waals surface area contributed by atoms with Gasteiger partial charge < -0.3 is 4.90 Å². The Morgan fingerprint density at radius 3 is 2.69 bits per heavy atom. The van der Waals surface area contributed by atoms with Gasteiger partial charge in [-0.15, -0.1) is 0 Å². The number of alkyl halides is 1. The number of amides is 1. The molecule has 0 aromatic heterocycles. The molecule has 0 fully saturated rings. The summed E-state index contributed by atoms with van der Waals surface area (Å²) in [5.41, 5.74) is 0.641. The van der Waals surface area contributed by atoms with Gasteiger partial charge in [0.25, 0.3) is 5.91 Å². The van der Waals surface area contributed by atoms with Crippen molar-refractivity contribution in [2.75, 3.05) is 11.9 Å². The molecule has 4 heteroatoms. The third kappa shape index (κ3) is 3.49. The smallest absolute Gasteiger partial charge is 0.254 e. The summed E-state index contributed by atoms with van der Waals surface area (Å²) in [6.07, 6.45) is 0. The Kier molecular flexibility index (Phi) is 5.29. The molecule has 0 N–H and O–H groups in total. The minimum atomic E-state index is 0.0250. The van der Waals surface area contributed by atoms with Gasteiger partial charge in [0.15, 0.2) is 0 Å². The van der Waals surface area contributed by atoms with Gasteiger partial charge in [0.1, 0.15) is 0 Å². The fraction of sp³-hybridized carbons (Fsp3) is 0.417. The Hall–Kier alpha value is -0.540. The highest BCUT2D eigenvalue weighted by atomic mass is 79.9. The van der Waals surface area contributed by atoms with Gasteiger partial charge in [0.2, 0.25) is 0 Å². The zero-order valence-electron chi connectivity index (χ0n) is 9.41. The predicted molar refractivity (Wildman–Crippen MR) is 71.4 cm³/mol. The van der Waals surface area contributed by atoms with E-state index in [1.54, 1.807) is 24.3 Å². The van der Waals surface area contributed by atoms with E-state index in [0.717, 1.165) is 5.33 Å². The van der Waals surface area contributed by atoms with Crippen LogP contribution in [0.2, 0.25) is 5.02 Å². The van der Waals surface area contributed by atoms with Crippen molar-refractivity contribution in [1.29, 1.82) is 0 Å². The van der Waals surface area contributed by atoms with E-state index in [9.17, 15) is 4.79 Å². The van der Waals surface area contributed by atoms with Crippen LogP contribution in [0.3, 0.4) is 0 Å². The van der Waals surface area contributed by atoms with Crippen molar-refractivity contribution in [2.45, 2.75) is 19.9 Å². The fourth-order valence-corrected chi connectivity index (χ4v) is 2.04. The molecule has 0 spiro atoms. The second-order valence-corrected chi connectivity index (χ2v) is 5.02. The summed E-state index contributed by atoms with van der Waals surface area (Å²) in [7, 11) is 0.